The summed E-state index contributed by atoms with van der Waals surface area (Å²) in [7, 11) is 3.24. The van der Waals surface area contributed by atoms with E-state index < -0.39 is 0 Å². The first-order valence-corrected chi connectivity index (χ1v) is 10.8. The van der Waals surface area contributed by atoms with Gasteiger partial charge in [0, 0.05) is 34.7 Å². The molecule has 0 atom stereocenters. The van der Waals surface area contributed by atoms with Gasteiger partial charge in [-0.3, -0.25) is 4.99 Å². The fourth-order valence-electron chi connectivity index (χ4n) is 2.93. The van der Waals surface area contributed by atoms with E-state index in [-0.39, 0.29) is 11.8 Å². The van der Waals surface area contributed by atoms with E-state index >= 15 is 0 Å². The third kappa shape index (κ3) is 5.27. The normalized spacial score (nSPS) is 12.0. The highest BCUT2D eigenvalue weighted by molar-refractivity contribution is 7.07. The Balaban J connectivity index is 2.10. The molecule has 1 heterocycles. The fourth-order valence-corrected chi connectivity index (χ4v) is 3.89. The lowest BCUT2D eigenvalue weighted by Crippen LogP contribution is -2.14. The lowest BCUT2D eigenvalue weighted by atomic mass is 10.1. The van der Waals surface area contributed by atoms with Gasteiger partial charge in [0.25, 0.3) is 0 Å². The van der Waals surface area contributed by atoms with E-state index in [1.165, 1.54) is 11.3 Å². The van der Waals surface area contributed by atoms with Crippen molar-refractivity contribution in [3.8, 4) is 34.3 Å². The first-order valence-electron chi connectivity index (χ1n) is 9.93. The zero-order chi connectivity index (χ0) is 22.4. The lowest BCUT2D eigenvalue weighted by molar-refractivity contribution is 0.337. The van der Waals surface area contributed by atoms with Crippen molar-refractivity contribution in [1.29, 1.82) is 0 Å². The minimum Gasteiger partial charge on any atom is -0.507 e. The topological polar surface area (TPSA) is 77.6 Å². The molecule has 1 aromatic heterocycles. The van der Waals surface area contributed by atoms with Gasteiger partial charge in [0.05, 0.1) is 32.7 Å². The van der Waals surface area contributed by atoms with Crippen LogP contribution in [-0.2, 0) is 0 Å². The predicted octanol–water partition coefficient (Wildman–Crippen LogP) is 4.53. The minimum absolute atomic E-state index is 0.0939. The molecule has 2 aromatic carbocycles. The Morgan fingerprint density at radius 3 is 2.52 bits per heavy atom. The molecule has 0 amide bonds. The summed E-state index contributed by atoms with van der Waals surface area (Å²) < 4.78 is 18.1. The van der Waals surface area contributed by atoms with Gasteiger partial charge in [0.15, 0.2) is 0 Å². The largest absolute Gasteiger partial charge is 0.507 e. The van der Waals surface area contributed by atoms with Crippen molar-refractivity contribution in [3.05, 3.63) is 52.1 Å². The number of rotatable bonds is 8. The van der Waals surface area contributed by atoms with Gasteiger partial charge in [-0.1, -0.05) is 0 Å². The van der Waals surface area contributed by atoms with Crippen LogP contribution in [0.4, 0.5) is 0 Å². The number of hydrogen-bond acceptors (Lipinski definition) is 7. The number of ether oxygens (including phenoxy) is 3. The van der Waals surface area contributed by atoms with E-state index in [1.807, 2.05) is 44.4 Å². The summed E-state index contributed by atoms with van der Waals surface area (Å²) >= 11 is 1.49. The van der Waals surface area contributed by atoms with Crippen LogP contribution < -0.4 is 19.0 Å². The summed E-state index contributed by atoms with van der Waals surface area (Å²) in [6, 6.07) is 10.9. The summed E-state index contributed by atoms with van der Waals surface area (Å²) in [4.78, 5) is 5.43. The highest BCUT2D eigenvalue weighted by Gasteiger charge is 2.14. The second-order valence-corrected chi connectivity index (χ2v) is 7.74. The van der Waals surface area contributed by atoms with Gasteiger partial charge < -0.3 is 19.3 Å². The number of thiazole rings is 1. The molecule has 0 bridgehead atoms. The van der Waals surface area contributed by atoms with E-state index in [0.29, 0.717) is 29.4 Å². The van der Waals surface area contributed by atoms with Crippen molar-refractivity contribution in [2.45, 2.75) is 26.8 Å². The Morgan fingerprint density at radius 2 is 1.87 bits per heavy atom. The summed E-state index contributed by atoms with van der Waals surface area (Å²) in [6.45, 7) is 6.46. The minimum atomic E-state index is 0.0939. The van der Waals surface area contributed by atoms with E-state index in [2.05, 4.69) is 10.1 Å². The summed E-state index contributed by atoms with van der Waals surface area (Å²) in [6.07, 6.45) is 1.61. The van der Waals surface area contributed by atoms with Crippen LogP contribution in [0.25, 0.3) is 11.3 Å². The van der Waals surface area contributed by atoms with Crippen molar-refractivity contribution >= 4 is 17.6 Å². The molecule has 0 aliphatic heterocycles. The summed E-state index contributed by atoms with van der Waals surface area (Å²) in [5.74, 6) is 2.08. The number of methoxy groups -OCH3 is 2. The first kappa shape index (κ1) is 22.4. The molecule has 8 heteroatoms. The number of nitrogens with zero attached hydrogens (tertiary/aromatic N) is 3. The number of phenols is 1. The van der Waals surface area contributed by atoms with Crippen LogP contribution in [0.15, 0.2) is 51.9 Å². The van der Waals surface area contributed by atoms with Crippen LogP contribution in [0.3, 0.4) is 0 Å². The highest BCUT2D eigenvalue weighted by atomic mass is 32.1. The molecule has 1 N–H and O–H groups in total. The van der Waals surface area contributed by atoms with Crippen LogP contribution in [0.2, 0.25) is 0 Å². The van der Waals surface area contributed by atoms with Crippen LogP contribution >= 0.6 is 11.3 Å². The van der Waals surface area contributed by atoms with E-state index in [9.17, 15) is 5.11 Å². The van der Waals surface area contributed by atoms with Gasteiger partial charge in [0.1, 0.15) is 23.0 Å². The van der Waals surface area contributed by atoms with Crippen LogP contribution in [0, 0.1) is 0 Å². The average Bonchev–Trinajstić information content (AvgIpc) is 3.14. The molecule has 3 aromatic rings. The molecular weight excluding hydrogens is 414 g/mol. The summed E-state index contributed by atoms with van der Waals surface area (Å²) in [5, 5.41) is 17.0. The molecule has 0 aliphatic carbocycles. The lowest BCUT2D eigenvalue weighted by Gasteiger charge is -2.11. The number of aromatic nitrogens is 1. The van der Waals surface area contributed by atoms with Crippen molar-refractivity contribution in [1.82, 2.24) is 4.68 Å². The van der Waals surface area contributed by atoms with Crippen molar-refractivity contribution < 1.29 is 19.3 Å². The standard InChI is InChI=1S/C23H27N3O4S/c1-6-30-18-8-7-16(21(27)11-18)13-24-26-20(14-31-23(26)25-15(2)3)19-10-9-17(28-4)12-22(19)29-5/h7-15,27H,6H2,1-5H3. The molecule has 0 aliphatic rings. The maximum Gasteiger partial charge on any atom is 0.206 e. The molecule has 7 nitrogen and oxygen atoms in total. The Labute approximate surface area is 185 Å². The maximum atomic E-state index is 10.4. The molecular formula is C23H27N3O4S. The Bertz CT molecular complexity index is 1130. The smallest absolute Gasteiger partial charge is 0.206 e. The van der Waals surface area contributed by atoms with E-state index in [4.69, 9.17) is 14.2 Å². The fraction of sp³-hybridized carbons (Fsp3) is 0.304. The van der Waals surface area contributed by atoms with Gasteiger partial charge >= 0.3 is 0 Å². The quantitative estimate of drug-likeness (QED) is 0.521. The van der Waals surface area contributed by atoms with Crippen molar-refractivity contribution in [2.75, 3.05) is 20.8 Å². The van der Waals surface area contributed by atoms with Gasteiger partial charge in [-0.15, -0.1) is 11.3 Å². The van der Waals surface area contributed by atoms with Crippen molar-refractivity contribution in [3.63, 3.8) is 0 Å². The first-order chi connectivity index (χ1) is 15.0. The molecule has 0 saturated carbocycles. The zero-order valence-electron chi connectivity index (χ0n) is 18.3. The molecule has 31 heavy (non-hydrogen) atoms. The van der Waals surface area contributed by atoms with E-state index in [1.54, 1.807) is 43.3 Å². The van der Waals surface area contributed by atoms with Crippen LogP contribution in [-0.4, -0.2) is 42.9 Å². The van der Waals surface area contributed by atoms with Gasteiger partial charge in [0.2, 0.25) is 4.80 Å². The molecule has 164 valence electrons. The molecule has 0 saturated heterocycles. The average molecular weight is 442 g/mol. The second-order valence-electron chi connectivity index (χ2n) is 6.90. The van der Waals surface area contributed by atoms with Gasteiger partial charge in [-0.2, -0.15) is 5.10 Å². The maximum absolute atomic E-state index is 10.4. The molecule has 0 fully saturated rings. The van der Waals surface area contributed by atoms with Gasteiger partial charge in [-0.25, -0.2) is 4.68 Å². The van der Waals surface area contributed by atoms with Crippen LogP contribution in [0.5, 0.6) is 23.0 Å². The number of benzene rings is 2. The molecule has 0 radical (unpaired) electrons. The molecule has 0 spiro atoms. The SMILES string of the molecule is CCOc1ccc(C=Nn2c(-c3ccc(OC)cc3OC)csc2=NC(C)C)c(O)c1. The third-order valence-electron chi connectivity index (χ3n) is 4.36. The highest BCUT2D eigenvalue weighted by Crippen LogP contribution is 2.33. The Kier molecular flexibility index (Phi) is 7.36. The predicted molar refractivity (Wildman–Crippen MR) is 124 cm³/mol. The van der Waals surface area contributed by atoms with Gasteiger partial charge in [-0.05, 0) is 45.0 Å². The number of hydrogen-bond donors (Lipinski definition) is 1. The summed E-state index contributed by atoms with van der Waals surface area (Å²) in [5.41, 5.74) is 2.26. The Hall–Kier alpha value is -3.26. The molecule has 0 unspecified atom stereocenters. The third-order valence-corrected chi connectivity index (χ3v) is 5.19. The second kappa shape index (κ2) is 10.2. The number of phenolic OH excluding ortho intramolecular Hbond substituents is 1. The van der Waals surface area contributed by atoms with E-state index in [0.717, 1.165) is 16.1 Å². The monoisotopic (exact) mass is 441 g/mol. The Morgan fingerprint density at radius 1 is 1.10 bits per heavy atom. The van der Waals surface area contributed by atoms with Crippen LogP contribution in [0.1, 0.15) is 26.3 Å². The number of aromatic hydroxyl groups is 1. The van der Waals surface area contributed by atoms with Crippen molar-refractivity contribution in [2.24, 2.45) is 10.1 Å². The zero-order valence-corrected chi connectivity index (χ0v) is 19.1. The molecule has 3 rings (SSSR count).